The quantitative estimate of drug-likeness (QED) is 0.691. The predicted octanol–water partition coefficient (Wildman–Crippen LogP) is 5.24. The number of piperidine rings is 1. The zero-order valence-corrected chi connectivity index (χ0v) is 15.7. The van der Waals surface area contributed by atoms with Gasteiger partial charge in [0.25, 0.3) is 0 Å². The summed E-state index contributed by atoms with van der Waals surface area (Å²) in [5.74, 6) is 0.959. The lowest BCUT2D eigenvalue weighted by atomic mass is 10.1. The van der Waals surface area contributed by atoms with E-state index < -0.39 is 0 Å². The number of benzene rings is 2. The molecule has 1 saturated heterocycles. The van der Waals surface area contributed by atoms with E-state index in [4.69, 9.17) is 4.74 Å². The average Bonchev–Trinajstić information content (AvgIpc) is 2.69. The Kier molecular flexibility index (Phi) is 6.11. The van der Waals surface area contributed by atoms with E-state index in [9.17, 15) is 4.79 Å². The second-order valence-corrected chi connectivity index (χ2v) is 6.91. The predicted molar refractivity (Wildman–Crippen MR) is 106 cm³/mol. The van der Waals surface area contributed by atoms with Gasteiger partial charge in [0.2, 0.25) is 5.91 Å². The molecule has 3 heteroatoms. The first kappa shape index (κ1) is 18.2. The Morgan fingerprint density at radius 1 is 1.00 bits per heavy atom. The van der Waals surface area contributed by atoms with Crippen LogP contribution < -0.4 is 4.74 Å². The Hall–Kier alpha value is -2.55. The molecule has 1 unspecified atom stereocenters. The van der Waals surface area contributed by atoms with Gasteiger partial charge in [0.05, 0.1) is 0 Å². The monoisotopic (exact) mass is 349 g/mol. The van der Waals surface area contributed by atoms with E-state index >= 15 is 0 Å². The molecule has 136 valence electrons. The van der Waals surface area contributed by atoms with E-state index in [0.717, 1.165) is 48.4 Å². The van der Waals surface area contributed by atoms with E-state index in [-0.39, 0.29) is 12.0 Å². The summed E-state index contributed by atoms with van der Waals surface area (Å²) in [6, 6.07) is 18.2. The number of rotatable bonds is 5. The maximum atomic E-state index is 12.4. The van der Waals surface area contributed by atoms with Crippen molar-refractivity contribution in [3.63, 3.8) is 0 Å². The lowest BCUT2D eigenvalue weighted by Gasteiger charge is -2.25. The molecule has 0 aromatic heterocycles. The Labute approximate surface area is 156 Å². The van der Waals surface area contributed by atoms with Crippen molar-refractivity contribution in [2.24, 2.45) is 0 Å². The second kappa shape index (κ2) is 8.70. The molecule has 1 fully saturated rings. The van der Waals surface area contributed by atoms with Crippen molar-refractivity contribution < 1.29 is 9.53 Å². The summed E-state index contributed by atoms with van der Waals surface area (Å²) < 4.78 is 6.02. The molecule has 1 aliphatic heterocycles. The molecule has 1 heterocycles. The van der Waals surface area contributed by atoms with Gasteiger partial charge in [-0.1, -0.05) is 42.5 Å². The maximum absolute atomic E-state index is 12.4. The molecule has 2 aromatic rings. The fourth-order valence-corrected chi connectivity index (χ4v) is 3.27. The lowest BCUT2D eigenvalue weighted by Crippen LogP contribution is -2.34. The molecule has 2 aromatic carbocycles. The second-order valence-electron chi connectivity index (χ2n) is 6.91. The summed E-state index contributed by atoms with van der Waals surface area (Å²) in [5.41, 5.74) is 3.19. The summed E-state index contributed by atoms with van der Waals surface area (Å²) in [7, 11) is 0. The summed E-state index contributed by atoms with van der Waals surface area (Å²) in [4.78, 5) is 14.3. The normalized spacial score (nSPS) is 16.2. The number of carbonyl (C=O) groups is 1. The van der Waals surface area contributed by atoms with Gasteiger partial charge in [0, 0.05) is 19.2 Å². The fourth-order valence-electron chi connectivity index (χ4n) is 3.27. The summed E-state index contributed by atoms with van der Waals surface area (Å²) in [6.07, 6.45) is 5.22. The Balaban J connectivity index is 1.63. The number of allylic oxidation sites excluding steroid dienone is 1. The van der Waals surface area contributed by atoms with Crippen LogP contribution in [0.25, 0.3) is 5.57 Å². The molecule has 0 bridgehead atoms. The summed E-state index contributed by atoms with van der Waals surface area (Å²) >= 11 is 0. The highest BCUT2D eigenvalue weighted by Gasteiger charge is 2.14. The van der Waals surface area contributed by atoms with Gasteiger partial charge in [-0.2, -0.15) is 0 Å². The molecule has 0 radical (unpaired) electrons. The molecule has 1 aliphatic rings. The van der Waals surface area contributed by atoms with Crippen molar-refractivity contribution in [3.8, 4) is 5.75 Å². The number of hydrogen-bond donors (Lipinski definition) is 0. The third-order valence-electron chi connectivity index (χ3n) is 4.90. The van der Waals surface area contributed by atoms with Crippen LogP contribution >= 0.6 is 0 Å². The van der Waals surface area contributed by atoms with Gasteiger partial charge in [-0.05, 0) is 61.9 Å². The van der Waals surface area contributed by atoms with Gasteiger partial charge in [-0.15, -0.1) is 0 Å². The van der Waals surface area contributed by atoms with Crippen LogP contribution in [0.5, 0.6) is 5.75 Å². The van der Waals surface area contributed by atoms with Crippen LogP contribution in [0.2, 0.25) is 0 Å². The molecular weight excluding hydrogens is 322 g/mol. The molecular formula is C23H27NO2. The molecule has 0 spiro atoms. The number of hydrogen-bond acceptors (Lipinski definition) is 2. The number of amides is 1. The zero-order valence-electron chi connectivity index (χ0n) is 15.7. The summed E-state index contributed by atoms with van der Waals surface area (Å²) in [5, 5.41) is 0. The average molecular weight is 349 g/mol. The maximum Gasteiger partial charge on any atom is 0.246 e. The smallest absolute Gasteiger partial charge is 0.246 e. The van der Waals surface area contributed by atoms with Crippen LogP contribution in [0.3, 0.4) is 0 Å². The van der Waals surface area contributed by atoms with Crippen molar-refractivity contribution in [3.05, 3.63) is 71.8 Å². The SMILES string of the molecule is C/C(=C\C(=O)N1CCCCC1)c1ccc(OC(C)c2ccccc2)cc1. The highest BCUT2D eigenvalue weighted by atomic mass is 16.5. The molecule has 3 nitrogen and oxygen atoms in total. The van der Waals surface area contributed by atoms with E-state index in [1.807, 2.05) is 61.2 Å². The lowest BCUT2D eigenvalue weighted by molar-refractivity contribution is -0.126. The van der Waals surface area contributed by atoms with Crippen LogP contribution in [0, 0.1) is 0 Å². The third kappa shape index (κ3) is 4.75. The minimum absolute atomic E-state index is 0.000585. The topological polar surface area (TPSA) is 29.5 Å². The Morgan fingerprint density at radius 2 is 1.65 bits per heavy atom. The van der Waals surface area contributed by atoms with E-state index in [2.05, 4.69) is 12.1 Å². The highest BCUT2D eigenvalue weighted by Crippen LogP contribution is 2.24. The van der Waals surface area contributed by atoms with Gasteiger partial charge >= 0.3 is 0 Å². The molecule has 1 atom stereocenters. The van der Waals surface area contributed by atoms with Crippen molar-refractivity contribution in [1.29, 1.82) is 0 Å². The minimum atomic E-state index is -0.000585. The standard InChI is InChI=1S/C23H27NO2/c1-18(17-23(25)24-15-7-4-8-16-24)20-11-13-22(14-12-20)26-19(2)21-9-5-3-6-10-21/h3,5-6,9-14,17,19H,4,7-8,15-16H2,1-2H3/b18-17+. The number of carbonyl (C=O) groups excluding carboxylic acids is 1. The Morgan fingerprint density at radius 3 is 2.31 bits per heavy atom. The molecule has 0 aliphatic carbocycles. The van der Waals surface area contributed by atoms with Crippen LogP contribution in [-0.4, -0.2) is 23.9 Å². The van der Waals surface area contributed by atoms with Crippen molar-refractivity contribution in [2.75, 3.05) is 13.1 Å². The number of ether oxygens (including phenoxy) is 1. The van der Waals surface area contributed by atoms with Crippen LogP contribution in [0.4, 0.5) is 0 Å². The van der Waals surface area contributed by atoms with E-state index in [0.29, 0.717) is 0 Å². The molecule has 26 heavy (non-hydrogen) atoms. The third-order valence-corrected chi connectivity index (χ3v) is 4.90. The molecule has 3 rings (SSSR count). The van der Waals surface area contributed by atoms with Gasteiger partial charge in [-0.25, -0.2) is 0 Å². The van der Waals surface area contributed by atoms with Crippen LogP contribution in [-0.2, 0) is 4.79 Å². The highest BCUT2D eigenvalue weighted by molar-refractivity contribution is 5.94. The number of likely N-dealkylation sites (tertiary alicyclic amines) is 1. The van der Waals surface area contributed by atoms with Crippen LogP contribution in [0.15, 0.2) is 60.7 Å². The molecule has 0 N–H and O–H groups in total. The fraction of sp³-hybridized carbons (Fsp3) is 0.348. The van der Waals surface area contributed by atoms with Gasteiger partial charge in [-0.3, -0.25) is 4.79 Å². The first-order chi connectivity index (χ1) is 12.6. The number of nitrogens with zero attached hydrogens (tertiary/aromatic N) is 1. The first-order valence-corrected chi connectivity index (χ1v) is 9.43. The molecule has 0 saturated carbocycles. The largest absolute Gasteiger partial charge is 0.486 e. The Bertz CT molecular complexity index is 744. The van der Waals surface area contributed by atoms with E-state index in [1.165, 1.54) is 6.42 Å². The first-order valence-electron chi connectivity index (χ1n) is 9.43. The van der Waals surface area contributed by atoms with Gasteiger partial charge < -0.3 is 9.64 Å². The van der Waals surface area contributed by atoms with Crippen molar-refractivity contribution >= 4 is 11.5 Å². The molecule has 1 amide bonds. The van der Waals surface area contributed by atoms with Gasteiger partial charge in [0.15, 0.2) is 0 Å². The minimum Gasteiger partial charge on any atom is -0.486 e. The van der Waals surface area contributed by atoms with Crippen LogP contribution in [0.1, 0.15) is 50.3 Å². The van der Waals surface area contributed by atoms with E-state index in [1.54, 1.807) is 6.08 Å². The summed E-state index contributed by atoms with van der Waals surface area (Å²) in [6.45, 7) is 5.80. The van der Waals surface area contributed by atoms with Crippen molar-refractivity contribution in [2.45, 2.75) is 39.2 Å². The zero-order chi connectivity index (χ0) is 18.4. The van der Waals surface area contributed by atoms with Gasteiger partial charge in [0.1, 0.15) is 11.9 Å². The van der Waals surface area contributed by atoms with Crippen molar-refractivity contribution in [1.82, 2.24) is 4.90 Å².